The first kappa shape index (κ1) is 9.45. The van der Waals surface area contributed by atoms with Crippen LogP contribution < -0.4 is 0 Å². The molecule has 2 heteroatoms. The Balaban J connectivity index is 2.19. The van der Waals surface area contributed by atoms with Gasteiger partial charge in [-0.25, -0.2) is 4.39 Å². The van der Waals surface area contributed by atoms with Crippen LogP contribution in [0.2, 0.25) is 0 Å². The summed E-state index contributed by atoms with van der Waals surface area (Å²) in [7, 11) is 2.15. The van der Waals surface area contributed by atoms with Gasteiger partial charge in [0.1, 0.15) is 6.17 Å². The largest absolute Gasteiger partial charge is 0.306 e. The van der Waals surface area contributed by atoms with Crippen molar-refractivity contribution in [3.05, 3.63) is 0 Å². The summed E-state index contributed by atoms with van der Waals surface area (Å²) in [5.41, 5.74) is 0.285. The summed E-state index contributed by atoms with van der Waals surface area (Å²) in [4.78, 5) is 2.35. The van der Waals surface area contributed by atoms with Gasteiger partial charge >= 0.3 is 0 Å². The van der Waals surface area contributed by atoms with Crippen molar-refractivity contribution in [2.24, 2.45) is 10.8 Å². The van der Waals surface area contributed by atoms with Gasteiger partial charge in [-0.1, -0.05) is 13.8 Å². The summed E-state index contributed by atoms with van der Waals surface area (Å²) in [6.07, 6.45) is 2.49. The minimum atomic E-state index is -0.508. The van der Waals surface area contributed by atoms with Crippen LogP contribution in [-0.2, 0) is 0 Å². The normalized spacial score (nSPS) is 51.2. The van der Waals surface area contributed by atoms with E-state index in [1.807, 2.05) is 0 Å². The standard InChI is InChI=1S/C11H20FN/c1-4-10(2)8-13(3)6-5-11(10)7-9(11)12/h9H,4-8H2,1-3H3/t9-,10-,11-/m1/s1. The van der Waals surface area contributed by atoms with E-state index in [1.54, 1.807) is 0 Å². The number of hydrogen-bond acceptors (Lipinski definition) is 1. The van der Waals surface area contributed by atoms with E-state index in [0.717, 1.165) is 32.4 Å². The second kappa shape index (κ2) is 2.69. The van der Waals surface area contributed by atoms with Crippen molar-refractivity contribution in [2.45, 2.75) is 39.3 Å². The van der Waals surface area contributed by atoms with Gasteiger partial charge < -0.3 is 4.90 Å². The second-order valence-corrected chi connectivity index (χ2v) is 5.23. The van der Waals surface area contributed by atoms with E-state index in [1.165, 1.54) is 0 Å². The topological polar surface area (TPSA) is 3.24 Å². The van der Waals surface area contributed by atoms with Gasteiger partial charge in [0, 0.05) is 12.0 Å². The lowest BCUT2D eigenvalue weighted by Gasteiger charge is -2.45. The van der Waals surface area contributed by atoms with Crippen molar-refractivity contribution >= 4 is 0 Å². The smallest absolute Gasteiger partial charge is 0.107 e. The van der Waals surface area contributed by atoms with Crippen LogP contribution in [0.5, 0.6) is 0 Å². The molecule has 1 heterocycles. The molecule has 2 aliphatic rings. The molecule has 0 amide bonds. The zero-order chi connectivity index (χ0) is 9.69. The SMILES string of the molecule is CC[C@]1(C)CN(C)CC[C@]12C[C@H]2F. The Morgan fingerprint density at radius 1 is 1.54 bits per heavy atom. The van der Waals surface area contributed by atoms with E-state index in [2.05, 4.69) is 25.8 Å². The molecule has 0 aromatic rings. The fraction of sp³-hybridized carbons (Fsp3) is 1.00. The highest BCUT2D eigenvalue weighted by atomic mass is 19.1. The number of halogens is 1. The third-order valence-corrected chi connectivity index (χ3v) is 4.52. The van der Waals surface area contributed by atoms with Gasteiger partial charge in [0.05, 0.1) is 0 Å². The Bertz CT molecular complexity index is 218. The summed E-state index contributed by atoms with van der Waals surface area (Å²) in [5.74, 6) is 0. The predicted octanol–water partition coefficient (Wildman–Crippen LogP) is 2.47. The van der Waals surface area contributed by atoms with Gasteiger partial charge in [-0.05, 0) is 38.3 Å². The zero-order valence-electron chi connectivity index (χ0n) is 8.94. The van der Waals surface area contributed by atoms with Crippen molar-refractivity contribution in [1.29, 1.82) is 0 Å². The quantitative estimate of drug-likeness (QED) is 0.606. The van der Waals surface area contributed by atoms with Gasteiger partial charge in [-0.3, -0.25) is 0 Å². The van der Waals surface area contributed by atoms with E-state index < -0.39 is 6.17 Å². The molecular weight excluding hydrogens is 165 g/mol. The monoisotopic (exact) mass is 185 g/mol. The van der Waals surface area contributed by atoms with Crippen LogP contribution in [0.1, 0.15) is 33.1 Å². The van der Waals surface area contributed by atoms with Crippen LogP contribution in [0.3, 0.4) is 0 Å². The van der Waals surface area contributed by atoms with E-state index in [-0.39, 0.29) is 10.8 Å². The molecule has 2 fully saturated rings. The van der Waals surface area contributed by atoms with E-state index in [9.17, 15) is 4.39 Å². The average molecular weight is 185 g/mol. The molecule has 0 aromatic carbocycles. The molecule has 1 saturated heterocycles. The Hall–Kier alpha value is -0.110. The van der Waals surface area contributed by atoms with Crippen LogP contribution in [0.15, 0.2) is 0 Å². The van der Waals surface area contributed by atoms with Crippen LogP contribution >= 0.6 is 0 Å². The molecule has 0 radical (unpaired) electrons. The van der Waals surface area contributed by atoms with Crippen LogP contribution in [0.25, 0.3) is 0 Å². The highest BCUT2D eigenvalue weighted by Crippen LogP contribution is 2.65. The lowest BCUT2D eigenvalue weighted by atomic mass is 9.67. The number of rotatable bonds is 1. The number of likely N-dealkylation sites (tertiary alicyclic amines) is 1. The maximum absolute atomic E-state index is 13.4. The average Bonchev–Trinajstić information content (AvgIpc) is 2.73. The van der Waals surface area contributed by atoms with Crippen LogP contribution in [0, 0.1) is 10.8 Å². The zero-order valence-corrected chi connectivity index (χ0v) is 8.94. The lowest BCUT2D eigenvalue weighted by Crippen LogP contribution is -2.47. The fourth-order valence-corrected chi connectivity index (χ4v) is 3.13. The summed E-state index contributed by atoms with van der Waals surface area (Å²) < 4.78 is 13.4. The predicted molar refractivity (Wildman–Crippen MR) is 52.5 cm³/mol. The van der Waals surface area contributed by atoms with Crippen molar-refractivity contribution < 1.29 is 4.39 Å². The molecule has 1 saturated carbocycles. The molecule has 1 spiro atoms. The Kier molecular flexibility index (Phi) is 1.96. The third kappa shape index (κ3) is 1.14. The number of nitrogens with zero attached hydrogens (tertiary/aromatic N) is 1. The van der Waals surface area contributed by atoms with Gasteiger partial charge in [-0.15, -0.1) is 0 Å². The van der Waals surface area contributed by atoms with Gasteiger partial charge in [-0.2, -0.15) is 0 Å². The minimum absolute atomic E-state index is 0.0637. The highest BCUT2D eigenvalue weighted by Gasteiger charge is 2.65. The van der Waals surface area contributed by atoms with Crippen molar-refractivity contribution in [3.63, 3.8) is 0 Å². The summed E-state index contributed by atoms with van der Waals surface area (Å²) in [6, 6.07) is 0. The Morgan fingerprint density at radius 3 is 2.62 bits per heavy atom. The maximum Gasteiger partial charge on any atom is 0.107 e. The van der Waals surface area contributed by atoms with Crippen LogP contribution in [-0.4, -0.2) is 31.2 Å². The molecule has 3 atom stereocenters. The molecule has 2 rings (SSSR count). The van der Waals surface area contributed by atoms with Gasteiger partial charge in [0.25, 0.3) is 0 Å². The number of piperidine rings is 1. The summed E-state index contributed by atoms with van der Waals surface area (Å²) in [6.45, 7) is 6.62. The molecule has 1 aliphatic heterocycles. The molecule has 0 bridgehead atoms. The fourth-order valence-electron chi connectivity index (χ4n) is 3.13. The minimum Gasteiger partial charge on any atom is -0.306 e. The first-order valence-electron chi connectivity index (χ1n) is 5.37. The lowest BCUT2D eigenvalue weighted by molar-refractivity contribution is 0.0185. The first-order chi connectivity index (χ1) is 6.04. The highest BCUT2D eigenvalue weighted by molar-refractivity contribution is 5.14. The molecule has 1 aliphatic carbocycles. The van der Waals surface area contributed by atoms with Gasteiger partial charge in [0.15, 0.2) is 0 Å². The van der Waals surface area contributed by atoms with E-state index in [4.69, 9.17) is 0 Å². The van der Waals surface area contributed by atoms with Crippen molar-refractivity contribution in [3.8, 4) is 0 Å². The molecule has 0 N–H and O–H groups in total. The first-order valence-corrected chi connectivity index (χ1v) is 5.37. The summed E-state index contributed by atoms with van der Waals surface area (Å²) in [5, 5.41) is 0. The number of hydrogen-bond donors (Lipinski definition) is 0. The Labute approximate surface area is 80.3 Å². The number of alkyl halides is 1. The van der Waals surface area contributed by atoms with Crippen molar-refractivity contribution in [1.82, 2.24) is 4.90 Å². The molecule has 0 unspecified atom stereocenters. The van der Waals surface area contributed by atoms with E-state index in [0.29, 0.717) is 0 Å². The molecule has 76 valence electrons. The summed E-state index contributed by atoms with van der Waals surface area (Å²) >= 11 is 0. The molecule has 0 aromatic heterocycles. The second-order valence-electron chi connectivity index (χ2n) is 5.23. The van der Waals surface area contributed by atoms with Crippen LogP contribution in [0.4, 0.5) is 4.39 Å². The molecule has 13 heavy (non-hydrogen) atoms. The maximum atomic E-state index is 13.4. The van der Waals surface area contributed by atoms with E-state index >= 15 is 0 Å². The Morgan fingerprint density at radius 2 is 2.15 bits per heavy atom. The third-order valence-electron chi connectivity index (χ3n) is 4.52. The van der Waals surface area contributed by atoms with Gasteiger partial charge in [0.2, 0.25) is 0 Å². The molecular formula is C11H20FN. The molecule has 1 nitrogen and oxygen atoms in total. The van der Waals surface area contributed by atoms with Crippen molar-refractivity contribution in [2.75, 3.05) is 20.1 Å².